The van der Waals surface area contributed by atoms with Gasteiger partial charge in [0.1, 0.15) is 5.82 Å². The van der Waals surface area contributed by atoms with Crippen molar-refractivity contribution < 1.29 is 13.2 Å². The van der Waals surface area contributed by atoms with Crippen LogP contribution in [0.5, 0.6) is 0 Å². The van der Waals surface area contributed by atoms with Crippen LogP contribution in [-0.2, 0) is 11.8 Å². The van der Waals surface area contributed by atoms with Gasteiger partial charge in [-0.1, -0.05) is 15.9 Å². The van der Waals surface area contributed by atoms with Gasteiger partial charge in [-0.05, 0) is 6.07 Å². The van der Waals surface area contributed by atoms with Gasteiger partial charge in [-0.3, -0.25) is 4.98 Å². The predicted octanol–water partition coefficient (Wildman–Crippen LogP) is 3.12. The molecule has 0 radical (unpaired) electrons. The molecule has 80 valence electrons. The number of rotatable bonds is 3. The van der Waals surface area contributed by atoms with Crippen LogP contribution in [0, 0.1) is 17.1 Å². The highest BCUT2D eigenvalue weighted by atomic mass is 79.9. The lowest BCUT2D eigenvalue weighted by atomic mass is 10.1. The van der Waals surface area contributed by atoms with Gasteiger partial charge in [0.25, 0.3) is 6.43 Å². The monoisotopic (exact) mass is 278 g/mol. The van der Waals surface area contributed by atoms with E-state index in [2.05, 4.69) is 20.9 Å². The fraction of sp³-hybridized carbons (Fsp3) is 0.333. The predicted molar refractivity (Wildman–Crippen MR) is 51.1 cm³/mol. The molecule has 1 rings (SSSR count). The van der Waals surface area contributed by atoms with E-state index in [9.17, 15) is 13.2 Å². The zero-order chi connectivity index (χ0) is 11.4. The molecule has 15 heavy (non-hydrogen) atoms. The third-order valence-electron chi connectivity index (χ3n) is 1.77. The van der Waals surface area contributed by atoms with Gasteiger partial charge in [0.15, 0.2) is 0 Å². The number of aromatic nitrogens is 1. The first-order valence-electron chi connectivity index (χ1n) is 3.99. The quantitative estimate of drug-likeness (QED) is 0.797. The van der Waals surface area contributed by atoms with Crippen molar-refractivity contribution >= 4 is 15.9 Å². The summed E-state index contributed by atoms with van der Waals surface area (Å²) < 4.78 is 38.0. The SMILES string of the molecule is N#CCc1nc(CBr)c(C(F)F)cc1F. The van der Waals surface area contributed by atoms with Gasteiger partial charge in [0.05, 0.1) is 23.9 Å². The molecule has 1 heterocycles. The maximum atomic E-state index is 13.2. The molecule has 0 spiro atoms. The van der Waals surface area contributed by atoms with E-state index in [-0.39, 0.29) is 23.1 Å². The second kappa shape index (κ2) is 5.12. The Labute approximate surface area is 92.9 Å². The van der Waals surface area contributed by atoms with Crippen molar-refractivity contribution in [1.29, 1.82) is 5.26 Å². The average molecular weight is 279 g/mol. The molecule has 2 nitrogen and oxygen atoms in total. The van der Waals surface area contributed by atoms with Gasteiger partial charge in [-0.2, -0.15) is 5.26 Å². The van der Waals surface area contributed by atoms with Crippen LogP contribution in [0.25, 0.3) is 0 Å². The fourth-order valence-electron chi connectivity index (χ4n) is 1.08. The van der Waals surface area contributed by atoms with E-state index >= 15 is 0 Å². The Kier molecular flexibility index (Phi) is 4.09. The topological polar surface area (TPSA) is 36.7 Å². The Morgan fingerprint density at radius 1 is 1.47 bits per heavy atom. The minimum atomic E-state index is -2.77. The van der Waals surface area contributed by atoms with Crippen molar-refractivity contribution in [1.82, 2.24) is 4.98 Å². The summed E-state index contributed by atoms with van der Waals surface area (Å²) in [5.74, 6) is -0.864. The van der Waals surface area contributed by atoms with Gasteiger partial charge < -0.3 is 0 Å². The Morgan fingerprint density at radius 2 is 2.13 bits per heavy atom. The van der Waals surface area contributed by atoms with Crippen LogP contribution in [0.3, 0.4) is 0 Å². The highest BCUT2D eigenvalue weighted by Gasteiger charge is 2.17. The molecule has 0 aromatic carbocycles. The van der Waals surface area contributed by atoms with Crippen LogP contribution >= 0.6 is 15.9 Å². The molecule has 0 unspecified atom stereocenters. The normalized spacial score (nSPS) is 10.4. The Hall–Kier alpha value is -1.09. The number of halogens is 4. The number of nitriles is 1. The first-order chi connectivity index (χ1) is 7.10. The van der Waals surface area contributed by atoms with Crippen molar-refractivity contribution in [2.45, 2.75) is 18.2 Å². The molecule has 0 aliphatic heterocycles. The summed E-state index contributed by atoms with van der Waals surface area (Å²) in [5.41, 5.74) is -0.473. The summed E-state index contributed by atoms with van der Waals surface area (Å²) in [6.07, 6.45) is -2.99. The number of alkyl halides is 3. The first kappa shape index (κ1) is 12.0. The zero-order valence-electron chi connectivity index (χ0n) is 7.48. The van der Waals surface area contributed by atoms with Crippen molar-refractivity contribution in [3.8, 4) is 6.07 Å². The molecule has 0 aliphatic carbocycles. The first-order valence-corrected chi connectivity index (χ1v) is 5.11. The van der Waals surface area contributed by atoms with Gasteiger partial charge in [0, 0.05) is 10.9 Å². The average Bonchev–Trinajstić information content (AvgIpc) is 2.20. The van der Waals surface area contributed by atoms with Crippen LogP contribution in [0.15, 0.2) is 6.07 Å². The third-order valence-corrected chi connectivity index (χ3v) is 2.30. The fourth-order valence-corrected chi connectivity index (χ4v) is 1.53. The Balaban J connectivity index is 3.24. The summed E-state index contributed by atoms with van der Waals surface area (Å²) in [6.45, 7) is 0. The van der Waals surface area contributed by atoms with E-state index in [1.54, 1.807) is 6.07 Å². The number of hydrogen-bond acceptors (Lipinski definition) is 2. The standard InChI is InChI=1S/C9H6BrF3N2/c10-4-8-5(9(12)13)3-6(11)7(15-8)1-2-14/h3,9H,1,4H2. The molecule has 0 saturated heterocycles. The van der Waals surface area contributed by atoms with Gasteiger partial charge in [0.2, 0.25) is 0 Å². The largest absolute Gasteiger partial charge is 0.265 e. The molecule has 6 heteroatoms. The zero-order valence-corrected chi connectivity index (χ0v) is 9.06. The van der Waals surface area contributed by atoms with Gasteiger partial charge >= 0.3 is 0 Å². The number of nitrogens with zero attached hydrogens (tertiary/aromatic N) is 2. The van der Waals surface area contributed by atoms with Crippen LogP contribution < -0.4 is 0 Å². The minimum absolute atomic E-state index is 0.0663. The molecule has 1 aromatic rings. The summed E-state index contributed by atoms with van der Waals surface area (Å²) in [6, 6.07) is 2.46. The van der Waals surface area contributed by atoms with E-state index in [0.717, 1.165) is 6.07 Å². The van der Waals surface area contributed by atoms with Crippen LogP contribution in [0.2, 0.25) is 0 Å². The Morgan fingerprint density at radius 3 is 2.60 bits per heavy atom. The van der Waals surface area contributed by atoms with Crippen LogP contribution in [-0.4, -0.2) is 4.98 Å². The smallest absolute Gasteiger partial charge is 0.252 e. The highest BCUT2D eigenvalue weighted by molar-refractivity contribution is 9.08. The maximum Gasteiger partial charge on any atom is 0.265 e. The van der Waals surface area contributed by atoms with E-state index < -0.39 is 17.8 Å². The molecule has 1 aromatic heterocycles. The van der Waals surface area contributed by atoms with Crippen LogP contribution in [0.4, 0.5) is 13.2 Å². The molecular formula is C9H6BrF3N2. The molecule has 0 atom stereocenters. The van der Waals surface area contributed by atoms with Gasteiger partial charge in [-0.25, -0.2) is 13.2 Å². The second-order valence-corrected chi connectivity index (χ2v) is 3.28. The lowest BCUT2D eigenvalue weighted by Gasteiger charge is -2.07. The second-order valence-electron chi connectivity index (χ2n) is 2.72. The highest BCUT2D eigenvalue weighted by Crippen LogP contribution is 2.25. The minimum Gasteiger partial charge on any atom is -0.252 e. The van der Waals surface area contributed by atoms with Crippen LogP contribution in [0.1, 0.15) is 23.4 Å². The number of hydrogen-bond donors (Lipinski definition) is 0. The van der Waals surface area contributed by atoms with Crippen molar-refractivity contribution in [3.63, 3.8) is 0 Å². The molecule has 0 aliphatic rings. The van der Waals surface area contributed by atoms with Crippen molar-refractivity contribution in [3.05, 3.63) is 28.8 Å². The van der Waals surface area contributed by atoms with E-state index in [1.807, 2.05) is 0 Å². The van der Waals surface area contributed by atoms with E-state index in [1.165, 1.54) is 0 Å². The molecule has 0 fully saturated rings. The molecule has 0 N–H and O–H groups in total. The summed E-state index contributed by atoms with van der Waals surface area (Å²) in [5, 5.41) is 8.47. The van der Waals surface area contributed by atoms with Gasteiger partial charge in [-0.15, -0.1) is 0 Å². The van der Waals surface area contributed by atoms with Crippen molar-refractivity contribution in [2.24, 2.45) is 0 Å². The summed E-state index contributed by atoms with van der Waals surface area (Å²) in [4.78, 5) is 3.68. The summed E-state index contributed by atoms with van der Waals surface area (Å²) >= 11 is 2.99. The lowest BCUT2D eigenvalue weighted by molar-refractivity contribution is 0.149. The lowest BCUT2D eigenvalue weighted by Crippen LogP contribution is -2.03. The Bertz CT molecular complexity index is 401. The molecule has 0 saturated carbocycles. The maximum absolute atomic E-state index is 13.2. The third kappa shape index (κ3) is 2.69. The number of pyridine rings is 1. The van der Waals surface area contributed by atoms with E-state index in [4.69, 9.17) is 5.26 Å². The molecule has 0 amide bonds. The summed E-state index contributed by atoms with van der Waals surface area (Å²) in [7, 11) is 0. The molecular weight excluding hydrogens is 273 g/mol. The molecule has 0 bridgehead atoms. The van der Waals surface area contributed by atoms with Crippen molar-refractivity contribution in [2.75, 3.05) is 0 Å². The van der Waals surface area contributed by atoms with E-state index in [0.29, 0.717) is 0 Å².